The van der Waals surface area contributed by atoms with E-state index in [0.717, 1.165) is 60.4 Å². The molecule has 26 heavy (non-hydrogen) atoms. The van der Waals surface area contributed by atoms with Gasteiger partial charge < -0.3 is 15.3 Å². The van der Waals surface area contributed by atoms with Crippen molar-refractivity contribution in [1.82, 2.24) is 19.5 Å². The molecule has 0 saturated heterocycles. The van der Waals surface area contributed by atoms with E-state index >= 15 is 0 Å². The molecule has 0 unspecified atom stereocenters. The van der Waals surface area contributed by atoms with Crippen LogP contribution < -0.4 is 5.73 Å². The monoisotopic (exact) mass is 351 g/mol. The van der Waals surface area contributed by atoms with Crippen molar-refractivity contribution in [3.05, 3.63) is 59.7 Å². The number of pyridine rings is 1. The van der Waals surface area contributed by atoms with Gasteiger partial charge >= 0.3 is 0 Å². The summed E-state index contributed by atoms with van der Waals surface area (Å²) in [4.78, 5) is 23.7. The number of amides is 1. The van der Waals surface area contributed by atoms with Crippen LogP contribution in [0.2, 0.25) is 0 Å². The zero-order valence-corrected chi connectivity index (χ0v) is 15.3. The van der Waals surface area contributed by atoms with Crippen molar-refractivity contribution in [3.8, 4) is 11.1 Å². The summed E-state index contributed by atoms with van der Waals surface area (Å²) in [6.45, 7) is 4.92. The molecule has 0 spiro atoms. The Hall–Kier alpha value is -2.89. The number of aromatic nitrogens is 4. The topological polar surface area (TPSA) is 89.6 Å². The van der Waals surface area contributed by atoms with Crippen molar-refractivity contribution < 1.29 is 4.79 Å². The lowest BCUT2D eigenvalue weighted by Gasteiger charge is -2.12. The summed E-state index contributed by atoms with van der Waals surface area (Å²) in [5.74, 6) is -0.389. The van der Waals surface area contributed by atoms with Gasteiger partial charge in [0.15, 0.2) is 0 Å². The molecule has 3 N–H and O–H groups in total. The van der Waals surface area contributed by atoms with Gasteiger partial charge in [0.25, 0.3) is 5.91 Å². The maximum atomic E-state index is 12.3. The molecule has 0 aliphatic heterocycles. The van der Waals surface area contributed by atoms with Gasteiger partial charge in [-0.05, 0) is 25.8 Å². The molecular weight excluding hydrogens is 326 g/mol. The van der Waals surface area contributed by atoms with Crippen LogP contribution >= 0.6 is 0 Å². The third-order valence-corrected chi connectivity index (χ3v) is 4.75. The Morgan fingerprint density at radius 3 is 2.73 bits per heavy atom. The fourth-order valence-electron chi connectivity index (χ4n) is 3.48. The average Bonchev–Trinajstić information content (AvgIpc) is 3.25. The Kier molecular flexibility index (Phi) is 5.51. The molecule has 0 radical (unpaired) electrons. The molecule has 3 aromatic rings. The second-order valence-corrected chi connectivity index (χ2v) is 6.47. The number of nitrogens with two attached hydrogens (primary N) is 1. The summed E-state index contributed by atoms with van der Waals surface area (Å²) >= 11 is 0. The van der Waals surface area contributed by atoms with Gasteiger partial charge in [-0.2, -0.15) is 0 Å². The van der Waals surface area contributed by atoms with Crippen molar-refractivity contribution in [2.24, 2.45) is 5.73 Å². The number of primary amides is 1. The van der Waals surface area contributed by atoms with Gasteiger partial charge in [0.1, 0.15) is 0 Å². The Balaban J connectivity index is 2.11. The smallest absolute Gasteiger partial charge is 0.251 e. The van der Waals surface area contributed by atoms with Gasteiger partial charge in [-0.1, -0.05) is 19.4 Å². The van der Waals surface area contributed by atoms with Crippen LogP contribution in [-0.4, -0.2) is 25.4 Å². The van der Waals surface area contributed by atoms with E-state index in [4.69, 9.17) is 5.73 Å². The summed E-state index contributed by atoms with van der Waals surface area (Å²) in [7, 11) is 0. The van der Waals surface area contributed by atoms with Gasteiger partial charge in [0, 0.05) is 59.8 Å². The summed E-state index contributed by atoms with van der Waals surface area (Å²) < 4.78 is 2.24. The number of aromatic amines is 1. The van der Waals surface area contributed by atoms with Crippen LogP contribution in [0, 0.1) is 6.92 Å². The molecular formula is C20H25N5O. The van der Waals surface area contributed by atoms with Crippen molar-refractivity contribution in [1.29, 1.82) is 0 Å². The SMILES string of the molecule is CCCCc1c(-c2cccnc2)c(C(N)=O)c(C)n1CCc1cnc[nH]1. The predicted octanol–water partition coefficient (Wildman–Crippen LogP) is 3.27. The first-order valence-corrected chi connectivity index (χ1v) is 9.02. The van der Waals surface area contributed by atoms with E-state index in [1.165, 1.54) is 0 Å². The number of imidazole rings is 1. The number of rotatable bonds is 8. The minimum absolute atomic E-state index is 0.389. The standard InChI is InChI=1S/C20H25N5O/c1-3-4-7-17-19(15-6-5-9-22-11-15)18(20(21)26)14(2)25(17)10-8-16-12-23-13-24-16/h5-6,9,11-13H,3-4,7-8,10H2,1-2H3,(H2,21,26)(H,23,24). The van der Waals surface area contributed by atoms with E-state index in [1.807, 2.05) is 25.3 Å². The highest BCUT2D eigenvalue weighted by Gasteiger charge is 2.24. The largest absolute Gasteiger partial charge is 0.366 e. The highest BCUT2D eigenvalue weighted by atomic mass is 16.1. The molecule has 0 saturated carbocycles. The second-order valence-electron chi connectivity index (χ2n) is 6.47. The number of nitrogens with zero attached hydrogens (tertiary/aromatic N) is 3. The lowest BCUT2D eigenvalue weighted by molar-refractivity contribution is 0.1000. The normalized spacial score (nSPS) is 11.0. The van der Waals surface area contributed by atoms with E-state index in [9.17, 15) is 4.79 Å². The third-order valence-electron chi connectivity index (χ3n) is 4.75. The minimum atomic E-state index is -0.389. The Bertz CT molecular complexity index is 866. The summed E-state index contributed by atoms with van der Waals surface area (Å²) in [6, 6.07) is 3.88. The first-order valence-electron chi connectivity index (χ1n) is 9.02. The number of nitrogens with one attached hydrogen (secondary N) is 1. The number of H-pyrrole nitrogens is 1. The number of unbranched alkanes of at least 4 members (excludes halogenated alkanes) is 1. The maximum Gasteiger partial charge on any atom is 0.251 e. The molecule has 0 aliphatic rings. The molecule has 0 atom stereocenters. The molecule has 0 aromatic carbocycles. The van der Waals surface area contributed by atoms with Gasteiger partial charge in [0.05, 0.1) is 11.9 Å². The van der Waals surface area contributed by atoms with E-state index < -0.39 is 0 Å². The first kappa shape index (κ1) is 17.9. The summed E-state index contributed by atoms with van der Waals surface area (Å²) in [5.41, 5.74) is 11.4. The van der Waals surface area contributed by atoms with E-state index in [1.54, 1.807) is 18.7 Å². The molecule has 0 bridgehead atoms. The van der Waals surface area contributed by atoms with Crippen molar-refractivity contribution >= 4 is 5.91 Å². The van der Waals surface area contributed by atoms with Gasteiger partial charge in [0.2, 0.25) is 0 Å². The first-order chi connectivity index (χ1) is 12.6. The molecule has 136 valence electrons. The zero-order valence-electron chi connectivity index (χ0n) is 15.3. The van der Waals surface area contributed by atoms with Gasteiger partial charge in [-0.25, -0.2) is 4.98 Å². The molecule has 6 heteroatoms. The Morgan fingerprint density at radius 1 is 1.27 bits per heavy atom. The molecule has 0 aliphatic carbocycles. The van der Waals surface area contributed by atoms with E-state index in [2.05, 4.69) is 26.4 Å². The molecule has 1 amide bonds. The summed E-state index contributed by atoms with van der Waals surface area (Å²) in [6.07, 6.45) is 10.9. The fraction of sp³-hybridized carbons (Fsp3) is 0.350. The molecule has 3 rings (SSSR count). The number of aryl methyl sites for hydroxylation is 1. The van der Waals surface area contributed by atoms with Crippen LogP contribution in [0.5, 0.6) is 0 Å². The third kappa shape index (κ3) is 3.54. The van der Waals surface area contributed by atoms with Crippen LogP contribution in [0.4, 0.5) is 0 Å². The quantitative estimate of drug-likeness (QED) is 0.653. The van der Waals surface area contributed by atoms with Crippen LogP contribution in [0.3, 0.4) is 0 Å². The molecule has 0 fully saturated rings. The lowest BCUT2D eigenvalue weighted by atomic mass is 9.99. The fourth-order valence-corrected chi connectivity index (χ4v) is 3.48. The van der Waals surface area contributed by atoms with Crippen molar-refractivity contribution in [2.75, 3.05) is 0 Å². The van der Waals surface area contributed by atoms with Crippen LogP contribution in [0.15, 0.2) is 37.1 Å². The molecule has 6 nitrogen and oxygen atoms in total. The van der Waals surface area contributed by atoms with Crippen LogP contribution in [0.1, 0.15) is 47.2 Å². The maximum absolute atomic E-state index is 12.3. The lowest BCUT2D eigenvalue weighted by Crippen LogP contribution is -2.14. The zero-order chi connectivity index (χ0) is 18.5. The number of carbonyl (C=O) groups is 1. The number of hydrogen-bond acceptors (Lipinski definition) is 3. The second kappa shape index (κ2) is 7.99. The average molecular weight is 351 g/mol. The van der Waals surface area contributed by atoms with Crippen LogP contribution in [0.25, 0.3) is 11.1 Å². The molecule has 3 aromatic heterocycles. The Morgan fingerprint density at radius 2 is 2.12 bits per heavy atom. The van der Waals surface area contributed by atoms with E-state index in [0.29, 0.717) is 5.56 Å². The predicted molar refractivity (Wildman–Crippen MR) is 102 cm³/mol. The van der Waals surface area contributed by atoms with Gasteiger partial charge in [-0.3, -0.25) is 9.78 Å². The van der Waals surface area contributed by atoms with Gasteiger partial charge in [-0.15, -0.1) is 0 Å². The minimum Gasteiger partial charge on any atom is -0.366 e. The molecule has 3 heterocycles. The van der Waals surface area contributed by atoms with Crippen molar-refractivity contribution in [2.45, 2.75) is 46.1 Å². The number of carbonyl (C=O) groups excluding carboxylic acids is 1. The summed E-state index contributed by atoms with van der Waals surface area (Å²) in [5, 5.41) is 0. The highest BCUT2D eigenvalue weighted by Crippen LogP contribution is 2.33. The van der Waals surface area contributed by atoms with Crippen molar-refractivity contribution in [3.63, 3.8) is 0 Å². The highest BCUT2D eigenvalue weighted by molar-refractivity contribution is 6.02. The van der Waals surface area contributed by atoms with E-state index in [-0.39, 0.29) is 5.91 Å². The Labute approximate surface area is 153 Å². The number of hydrogen-bond donors (Lipinski definition) is 2. The van der Waals surface area contributed by atoms with Crippen LogP contribution in [-0.2, 0) is 19.4 Å².